The molecule has 0 radical (unpaired) electrons. The maximum atomic E-state index is 12.4. The summed E-state index contributed by atoms with van der Waals surface area (Å²) in [6.45, 7) is 2.97. The maximum Gasteiger partial charge on any atom is 0.204 e. The fraction of sp³-hybridized carbons (Fsp3) is 0.267. The van der Waals surface area contributed by atoms with Crippen molar-refractivity contribution >= 4 is 22.3 Å². The van der Waals surface area contributed by atoms with Crippen LogP contribution < -0.4 is 4.90 Å². The molecular weight excluding hydrogens is 286 g/mol. The molecule has 0 N–H and O–H groups in total. The number of aromatic nitrogens is 1. The van der Waals surface area contributed by atoms with Gasteiger partial charge in [0.05, 0.1) is 35.9 Å². The zero-order valence-electron chi connectivity index (χ0n) is 11.3. The Kier molecular flexibility index (Phi) is 3.95. The molecule has 3 rings (SSSR count). The fourth-order valence-corrected chi connectivity index (χ4v) is 3.07. The van der Waals surface area contributed by atoms with Crippen LogP contribution >= 0.6 is 11.3 Å². The number of nitriles is 1. The lowest BCUT2D eigenvalue weighted by molar-refractivity contribution is 0.104. The summed E-state index contributed by atoms with van der Waals surface area (Å²) >= 11 is 1.38. The topological polar surface area (TPSA) is 66.2 Å². The van der Waals surface area contributed by atoms with E-state index in [2.05, 4.69) is 9.88 Å². The molecule has 1 fully saturated rings. The average Bonchev–Trinajstić information content (AvgIpc) is 3.05. The van der Waals surface area contributed by atoms with Gasteiger partial charge < -0.3 is 9.64 Å². The molecule has 1 aliphatic heterocycles. The first-order valence-electron chi connectivity index (χ1n) is 6.61. The van der Waals surface area contributed by atoms with E-state index in [0.717, 1.165) is 18.2 Å². The van der Waals surface area contributed by atoms with Crippen molar-refractivity contribution in [2.45, 2.75) is 0 Å². The van der Waals surface area contributed by atoms with E-state index in [0.29, 0.717) is 29.2 Å². The second-order valence-corrected chi connectivity index (χ2v) is 5.64. The van der Waals surface area contributed by atoms with Gasteiger partial charge in [-0.3, -0.25) is 4.79 Å². The van der Waals surface area contributed by atoms with Gasteiger partial charge in [-0.15, -0.1) is 0 Å². The first-order chi connectivity index (χ1) is 10.3. The van der Waals surface area contributed by atoms with E-state index in [1.807, 2.05) is 6.07 Å². The molecule has 5 nitrogen and oxygen atoms in total. The van der Waals surface area contributed by atoms with Gasteiger partial charge in [0.1, 0.15) is 0 Å². The van der Waals surface area contributed by atoms with Crippen LogP contribution in [0.1, 0.15) is 20.8 Å². The van der Waals surface area contributed by atoms with E-state index >= 15 is 0 Å². The lowest BCUT2D eigenvalue weighted by Gasteiger charge is -2.25. The molecule has 1 saturated heterocycles. The standard InChI is InChI=1S/C15H13N3O2S/c16-9-11-2-1-3-12(8-11)14(19)13-10-17-15(21-13)18-4-6-20-7-5-18/h1-3,8,10H,4-7H2. The number of nitrogens with zero attached hydrogens (tertiary/aromatic N) is 3. The Morgan fingerprint density at radius 2 is 2.19 bits per heavy atom. The van der Waals surface area contributed by atoms with E-state index in [-0.39, 0.29) is 5.78 Å². The van der Waals surface area contributed by atoms with Crippen LogP contribution in [0, 0.1) is 11.3 Å². The summed E-state index contributed by atoms with van der Waals surface area (Å²) in [5.41, 5.74) is 1.00. The number of hydrogen-bond donors (Lipinski definition) is 0. The van der Waals surface area contributed by atoms with Gasteiger partial charge in [-0.25, -0.2) is 4.98 Å². The largest absolute Gasteiger partial charge is 0.378 e. The summed E-state index contributed by atoms with van der Waals surface area (Å²) in [4.78, 5) is 19.5. The van der Waals surface area contributed by atoms with Gasteiger partial charge in [-0.05, 0) is 12.1 Å². The van der Waals surface area contributed by atoms with Gasteiger partial charge >= 0.3 is 0 Å². The van der Waals surface area contributed by atoms with Crippen LogP contribution in [0.3, 0.4) is 0 Å². The van der Waals surface area contributed by atoms with E-state index < -0.39 is 0 Å². The molecule has 0 bridgehead atoms. The Bertz CT molecular complexity index is 699. The van der Waals surface area contributed by atoms with Gasteiger partial charge in [0.2, 0.25) is 5.78 Å². The van der Waals surface area contributed by atoms with Gasteiger partial charge in [-0.1, -0.05) is 23.5 Å². The molecule has 0 spiro atoms. The molecule has 0 amide bonds. The third kappa shape index (κ3) is 2.94. The molecule has 106 valence electrons. The Hall–Kier alpha value is -2.23. The molecule has 0 saturated carbocycles. The van der Waals surface area contributed by atoms with Crippen LogP contribution in [0.4, 0.5) is 5.13 Å². The Morgan fingerprint density at radius 3 is 2.95 bits per heavy atom. The van der Waals surface area contributed by atoms with Crippen molar-refractivity contribution in [3.63, 3.8) is 0 Å². The molecule has 0 unspecified atom stereocenters. The summed E-state index contributed by atoms with van der Waals surface area (Å²) in [7, 11) is 0. The first-order valence-corrected chi connectivity index (χ1v) is 7.43. The smallest absolute Gasteiger partial charge is 0.204 e. The first kappa shape index (κ1) is 13.7. The maximum absolute atomic E-state index is 12.4. The lowest BCUT2D eigenvalue weighted by Crippen LogP contribution is -2.36. The highest BCUT2D eigenvalue weighted by Crippen LogP contribution is 2.25. The number of hydrogen-bond acceptors (Lipinski definition) is 6. The SMILES string of the molecule is N#Cc1cccc(C(=O)c2cnc(N3CCOCC3)s2)c1. The van der Waals surface area contributed by atoms with Crippen LogP contribution in [-0.2, 0) is 4.74 Å². The van der Waals surface area contributed by atoms with Crippen LogP contribution in [-0.4, -0.2) is 37.1 Å². The molecule has 0 aliphatic carbocycles. The van der Waals surface area contributed by atoms with Crippen molar-refractivity contribution in [3.8, 4) is 6.07 Å². The van der Waals surface area contributed by atoms with Crippen LogP contribution in [0.15, 0.2) is 30.5 Å². The minimum Gasteiger partial charge on any atom is -0.378 e. The number of carbonyl (C=O) groups is 1. The van der Waals surface area contributed by atoms with Gasteiger partial charge in [0.25, 0.3) is 0 Å². The number of benzene rings is 1. The lowest BCUT2D eigenvalue weighted by atomic mass is 10.1. The highest BCUT2D eigenvalue weighted by Gasteiger charge is 2.18. The average molecular weight is 299 g/mol. The molecule has 21 heavy (non-hydrogen) atoms. The quantitative estimate of drug-likeness (QED) is 0.812. The third-order valence-electron chi connectivity index (χ3n) is 3.25. The fourth-order valence-electron chi connectivity index (χ4n) is 2.14. The number of ether oxygens (including phenoxy) is 1. The van der Waals surface area contributed by atoms with Crippen LogP contribution in [0.25, 0.3) is 0 Å². The Labute approximate surface area is 126 Å². The van der Waals surface area contributed by atoms with Crippen molar-refractivity contribution in [1.29, 1.82) is 5.26 Å². The normalized spacial score (nSPS) is 14.7. The van der Waals surface area contributed by atoms with E-state index in [1.165, 1.54) is 11.3 Å². The van der Waals surface area contributed by atoms with Crippen molar-refractivity contribution in [3.05, 3.63) is 46.5 Å². The number of rotatable bonds is 3. The second-order valence-electron chi connectivity index (χ2n) is 4.63. The highest BCUT2D eigenvalue weighted by molar-refractivity contribution is 7.17. The summed E-state index contributed by atoms with van der Waals surface area (Å²) in [6.07, 6.45) is 1.61. The van der Waals surface area contributed by atoms with E-state index in [1.54, 1.807) is 30.5 Å². The number of anilines is 1. The van der Waals surface area contributed by atoms with E-state index in [9.17, 15) is 4.79 Å². The number of morpholine rings is 1. The Balaban J connectivity index is 1.82. The number of thiazole rings is 1. The third-order valence-corrected chi connectivity index (χ3v) is 4.31. The monoisotopic (exact) mass is 299 g/mol. The molecule has 2 aromatic rings. The molecule has 1 aromatic carbocycles. The van der Waals surface area contributed by atoms with Crippen molar-refractivity contribution in [2.75, 3.05) is 31.2 Å². The van der Waals surface area contributed by atoms with Gasteiger partial charge in [0, 0.05) is 18.7 Å². The summed E-state index contributed by atoms with van der Waals surface area (Å²) in [5.74, 6) is -0.0934. The molecule has 2 heterocycles. The number of ketones is 1. The van der Waals surface area contributed by atoms with Crippen LogP contribution in [0.5, 0.6) is 0 Å². The number of carbonyl (C=O) groups excluding carboxylic acids is 1. The minimum atomic E-state index is -0.0934. The summed E-state index contributed by atoms with van der Waals surface area (Å²) < 4.78 is 5.31. The van der Waals surface area contributed by atoms with Crippen molar-refractivity contribution < 1.29 is 9.53 Å². The van der Waals surface area contributed by atoms with Crippen molar-refractivity contribution in [1.82, 2.24) is 4.98 Å². The van der Waals surface area contributed by atoms with Gasteiger partial charge in [0.15, 0.2) is 5.13 Å². The Morgan fingerprint density at radius 1 is 1.38 bits per heavy atom. The van der Waals surface area contributed by atoms with Crippen LogP contribution in [0.2, 0.25) is 0 Å². The molecule has 6 heteroatoms. The molecule has 0 atom stereocenters. The minimum absolute atomic E-state index is 0.0934. The zero-order chi connectivity index (χ0) is 14.7. The molecule has 1 aromatic heterocycles. The molecule has 1 aliphatic rings. The van der Waals surface area contributed by atoms with Crippen molar-refractivity contribution in [2.24, 2.45) is 0 Å². The van der Waals surface area contributed by atoms with E-state index in [4.69, 9.17) is 10.00 Å². The van der Waals surface area contributed by atoms with Gasteiger partial charge in [-0.2, -0.15) is 5.26 Å². The predicted molar refractivity (Wildman–Crippen MR) is 79.7 cm³/mol. The summed E-state index contributed by atoms with van der Waals surface area (Å²) in [5, 5.41) is 9.74. The summed E-state index contributed by atoms with van der Waals surface area (Å²) in [6, 6.07) is 8.77. The molecular formula is C15H13N3O2S. The second kappa shape index (κ2) is 6.04. The highest BCUT2D eigenvalue weighted by atomic mass is 32.1. The predicted octanol–water partition coefficient (Wildman–Crippen LogP) is 2.08. The zero-order valence-corrected chi connectivity index (χ0v) is 12.1.